The number of benzene rings is 3. The van der Waals surface area contributed by atoms with Gasteiger partial charge in [0.1, 0.15) is 18.0 Å². The van der Waals surface area contributed by atoms with Crippen molar-refractivity contribution < 1.29 is 37.4 Å². The summed E-state index contributed by atoms with van der Waals surface area (Å²) in [6.07, 6.45) is 0.874. The number of aromatic carboxylic acids is 1. The highest BCUT2D eigenvalue weighted by Gasteiger charge is 2.30. The van der Waals surface area contributed by atoms with Gasteiger partial charge in [0, 0.05) is 36.7 Å². The maximum absolute atomic E-state index is 15.1. The number of furan rings is 1. The normalized spacial score (nSPS) is 16.9. The van der Waals surface area contributed by atoms with Crippen LogP contribution in [0.1, 0.15) is 28.2 Å². The summed E-state index contributed by atoms with van der Waals surface area (Å²) < 4.78 is 47.6. The molecule has 0 radical (unpaired) electrons. The second-order valence-corrected chi connectivity index (χ2v) is 11.4. The summed E-state index contributed by atoms with van der Waals surface area (Å²) >= 11 is 6.16. The molecular weight excluding hydrogens is 610 g/mol. The maximum Gasteiger partial charge on any atom is 0.335 e. The molecule has 2 aliphatic rings. The molecule has 1 amide bonds. The number of piperazine rings is 1. The first-order valence-corrected chi connectivity index (χ1v) is 14.8. The second-order valence-electron chi connectivity index (χ2n) is 11.0. The van der Waals surface area contributed by atoms with E-state index in [1.807, 2.05) is 4.57 Å². The molecule has 2 fully saturated rings. The van der Waals surface area contributed by atoms with Crippen LogP contribution in [0, 0.1) is 11.8 Å². The first-order valence-electron chi connectivity index (χ1n) is 14.4. The molecule has 45 heavy (non-hydrogen) atoms. The lowest BCUT2D eigenvalue weighted by Crippen LogP contribution is -2.50. The summed E-state index contributed by atoms with van der Waals surface area (Å²) in [7, 11) is 0. The number of imidazole rings is 1. The van der Waals surface area contributed by atoms with Crippen molar-refractivity contribution in [2.24, 2.45) is 0 Å². The number of para-hydroxylation sites is 1. The van der Waals surface area contributed by atoms with E-state index in [2.05, 4.69) is 0 Å². The van der Waals surface area contributed by atoms with E-state index >= 15 is 4.39 Å². The third-order valence-corrected chi connectivity index (χ3v) is 8.58. The van der Waals surface area contributed by atoms with Gasteiger partial charge in [-0.3, -0.25) is 4.79 Å². The standard InChI is InChI=1S/C32H27ClF2N4O6/c33-22-6-4-19(30-21(22)13-27(35)45-30)17-44-31-23(34)2-1-3-25(31)37-9-10-38(29(40)16-37)15-28-36-24-7-5-18(32(41)42)12-26(24)39(28)14-20-8-11-43-20/h1-7,12-13,20H,8-11,14-17H2,(H,41,42)/t20-/m0/s1. The molecule has 0 spiro atoms. The fraction of sp³-hybridized carbons (Fsp3) is 0.281. The number of aromatic nitrogens is 2. The average Bonchev–Trinajstić information content (AvgIpc) is 3.56. The number of anilines is 1. The molecule has 3 aromatic carbocycles. The quantitative estimate of drug-likeness (QED) is 0.222. The van der Waals surface area contributed by atoms with Gasteiger partial charge in [0.2, 0.25) is 5.91 Å². The van der Waals surface area contributed by atoms with Crippen molar-refractivity contribution in [2.75, 3.05) is 31.1 Å². The zero-order chi connectivity index (χ0) is 31.2. The molecular formula is C32H27ClF2N4O6. The zero-order valence-electron chi connectivity index (χ0n) is 23.8. The summed E-state index contributed by atoms with van der Waals surface area (Å²) in [6, 6.07) is 12.9. The number of carbonyl (C=O) groups is 2. The molecule has 232 valence electrons. The fourth-order valence-electron chi connectivity index (χ4n) is 5.78. The Bertz CT molecular complexity index is 1960. The van der Waals surface area contributed by atoms with Gasteiger partial charge in [-0.15, -0.1) is 0 Å². The smallest absolute Gasteiger partial charge is 0.335 e. The van der Waals surface area contributed by atoms with Crippen LogP contribution in [0.2, 0.25) is 5.02 Å². The lowest BCUT2D eigenvalue weighted by molar-refractivity contribution is -0.131. The van der Waals surface area contributed by atoms with Crippen molar-refractivity contribution in [3.8, 4) is 5.75 Å². The minimum absolute atomic E-state index is 0.00985. The molecule has 2 saturated heterocycles. The number of hydrogen-bond donors (Lipinski definition) is 1. The number of carbonyl (C=O) groups excluding carboxylic acids is 1. The topological polar surface area (TPSA) is 110 Å². The predicted molar refractivity (Wildman–Crippen MR) is 161 cm³/mol. The minimum atomic E-state index is -1.03. The van der Waals surface area contributed by atoms with Crippen molar-refractivity contribution in [3.63, 3.8) is 0 Å². The average molecular weight is 637 g/mol. The first-order chi connectivity index (χ1) is 21.7. The highest BCUT2D eigenvalue weighted by atomic mass is 35.5. The van der Waals surface area contributed by atoms with Gasteiger partial charge in [-0.05, 0) is 42.8 Å². The number of halogens is 3. The summed E-state index contributed by atoms with van der Waals surface area (Å²) in [5.74, 6) is -1.24. The fourth-order valence-corrected chi connectivity index (χ4v) is 5.99. The van der Waals surface area contributed by atoms with Crippen LogP contribution in [0.25, 0.3) is 22.0 Å². The van der Waals surface area contributed by atoms with Crippen LogP contribution < -0.4 is 9.64 Å². The lowest BCUT2D eigenvalue weighted by Gasteiger charge is -2.36. The molecule has 0 unspecified atom stereocenters. The van der Waals surface area contributed by atoms with Gasteiger partial charge in [-0.2, -0.15) is 4.39 Å². The maximum atomic E-state index is 15.1. The summed E-state index contributed by atoms with van der Waals surface area (Å²) in [6.45, 7) is 1.98. The molecule has 2 aromatic heterocycles. The summed E-state index contributed by atoms with van der Waals surface area (Å²) in [5, 5.41) is 10.2. The number of carboxylic acid groups (broad SMARTS) is 1. The van der Waals surface area contributed by atoms with Gasteiger partial charge < -0.3 is 33.4 Å². The van der Waals surface area contributed by atoms with Crippen LogP contribution in [0.5, 0.6) is 5.75 Å². The molecule has 13 heteroatoms. The van der Waals surface area contributed by atoms with Crippen molar-refractivity contribution >= 4 is 51.2 Å². The van der Waals surface area contributed by atoms with E-state index in [0.717, 1.165) is 6.42 Å². The summed E-state index contributed by atoms with van der Waals surface area (Å²) in [5.41, 5.74) is 2.57. The number of carboxylic acids is 1. The molecule has 5 aromatic rings. The Morgan fingerprint density at radius 2 is 1.98 bits per heavy atom. The number of rotatable bonds is 9. The first kappa shape index (κ1) is 29.1. The monoisotopic (exact) mass is 636 g/mol. The molecule has 2 aliphatic heterocycles. The molecule has 1 atom stereocenters. The van der Waals surface area contributed by atoms with E-state index in [1.165, 1.54) is 18.2 Å². The molecule has 1 N–H and O–H groups in total. The number of ether oxygens (including phenoxy) is 2. The largest absolute Gasteiger partial charge is 0.483 e. The lowest BCUT2D eigenvalue weighted by atomic mass is 10.1. The minimum Gasteiger partial charge on any atom is -0.483 e. The van der Waals surface area contributed by atoms with Gasteiger partial charge in [-0.25, -0.2) is 14.2 Å². The van der Waals surface area contributed by atoms with Crippen LogP contribution in [-0.4, -0.2) is 63.8 Å². The van der Waals surface area contributed by atoms with Crippen LogP contribution >= 0.6 is 11.6 Å². The van der Waals surface area contributed by atoms with E-state index in [4.69, 9.17) is 30.5 Å². The van der Waals surface area contributed by atoms with Gasteiger partial charge in [0.25, 0.3) is 6.01 Å². The van der Waals surface area contributed by atoms with Gasteiger partial charge in [0.15, 0.2) is 11.6 Å². The van der Waals surface area contributed by atoms with Gasteiger partial charge in [-0.1, -0.05) is 23.7 Å². The number of fused-ring (bicyclic) bond motifs is 2. The zero-order valence-corrected chi connectivity index (χ0v) is 24.6. The third-order valence-electron chi connectivity index (χ3n) is 8.25. The van der Waals surface area contributed by atoms with Crippen molar-refractivity contribution in [1.29, 1.82) is 0 Å². The number of hydrogen-bond acceptors (Lipinski definition) is 7. The number of amides is 1. The third kappa shape index (κ3) is 5.55. The Morgan fingerprint density at radius 3 is 2.73 bits per heavy atom. The van der Waals surface area contributed by atoms with Crippen LogP contribution in [-0.2, 0) is 29.2 Å². The van der Waals surface area contributed by atoms with Crippen LogP contribution in [0.15, 0.2) is 59.0 Å². The molecule has 7 rings (SSSR count). The molecule has 0 bridgehead atoms. The van der Waals surface area contributed by atoms with Crippen LogP contribution in [0.3, 0.4) is 0 Å². The summed E-state index contributed by atoms with van der Waals surface area (Å²) in [4.78, 5) is 33.2. The second kappa shape index (κ2) is 11.7. The Labute approximate surface area is 260 Å². The SMILES string of the molecule is O=C(O)c1ccc2nc(CN3CCN(c4cccc(F)c4OCc4ccc(Cl)c5cc(F)oc45)CC3=O)n(C[C@@H]3CCO3)c2c1. The Hall–Kier alpha value is -4.68. The van der Waals surface area contributed by atoms with Crippen LogP contribution in [0.4, 0.5) is 14.5 Å². The van der Waals surface area contributed by atoms with E-state index in [-0.39, 0.29) is 48.6 Å². The van der Waals surface area contributed by atoms with E-state index in [9.17, 15) is 19.1 Å². The Kier molecular flexibility index (Phi) is 7.54. The van der Waals surface area contributed by atoms with Crippen molar-refractivity contribution in [2.45, 2.75) is 32.2 Å². The van der Waals surface area contributed by atoms with Crippen molar-refractivity contribution in [3.05, 3.63) is 88.4 Å². The highest BCUT2D eigenvalue weighted by Crippen LogP contribution is 2.35. The van der Waals surface area contributed by atoms with Gasteiger partial charge >= 0.3 is 5.97 Å². The molecule has 10 nitrogen and oxygen atoms in total. The van der Waals surface area contributed by atoms with Crippen molar-refractivity contribution in [1.82, 2.24) is 14.5 Å². The van der Waals surface area contributed by atoms with E-state index in [0.29, 0.717) is 64.8 Å². The van der Waals surface area contributed by atoms with Gasteiger partial charge in [0.05, 0.1) is 53.0 Å². The van der Waals surface area contributed by atoms with E-state index in [1.54, 1.807) is 46.2 Å². The van der Waals surface area contributed by atoms with E-state index < -0.39 is 17.8 Å². The number of nitrogens with zero attached hydrogens (tertiary/aromatic N) is 4. The molecule has 0 aliphatic carbocycles. The predicted octanol–water partition coefficient (Wildman–Crippen LogP) is 5.63. The molecule has 4 heterocycles. The molecule has 0 saturated carbocycles. The Balaban J connectivity index is 1.09. The Morgan fingerprint density at radius 1 is 1.13 bits per heavy atom. The highest BCUT2D eigenvalue weighted by molar-refractivity contribution is 6.35.